The van der Waals surface area contributed by atoms with E-state index in [9.17, 15) is 4.39 Å². The minimum atomic E-state index is -0.242. The van der Waals surface area contributed by atoms with Gasteiger partial charge in [0.05, 0.1) is 6.61 Å². The predicted octanol–water partition coefficient (Wildman–Crippen LogP) is 3.24. The molecule has 2 N–H and O–H groups in total. The van der Waals surface area contributed by atoms with Gasteiger partial charge in [-0.15, -0.1) is 0 Å². The first-order chi connectivity index (χ1) is 8.17. The molecule has 96 valence electrons. The van der Waals surface area contributed by atoms with Crippen molar-refractivity contribution in [1.29, 1.82) is 0 Å². The zero-order valence-electron chi connectivity index (χ0n) is 10.7. The molecule has 0 aromatic heterocycles. The van der Waals surface area contributed by atoms with Gasteiger partial charge in [0.15, 0.2) is 0 Å². The smallest absolute Gasteiger partial charge is 0.123 e. The van der Waals surface area contributed by atoms with Crippen molar-refractivity contribution in [3.8, 4) is 0 Å². The van der Waals surface area contributed by atoms with Crippen molar-refractivity contribution in [2.75, 3.05) is 6.61 Å². The van der Waals surface area contributed by atoms with Crippen LogP contribution in [-0.2, 0) is 17.9 Å². The third-order valence-corrected chi connectivity index (χ3v) is 2.83. The quantitative estimate of drug-likeness (QED) is 0.792. The Bertz CT molecular complexity index is 341. The van der Waals surface area contributed by atoms with Crippen molar-refractivity contribution in [2.24, 2.45) is 11.7 Å². The highest BCUT2D eigenvalue weighted by molar-refractivity contribution is 5.27. The van der Waals surface area contributed by atoms with Crippen LogP contribution in [0.4, 0.5) is 4.39 Å². The minimum absolute atomic E-state index is 0.242. The second kappa shape index (κ2) is 7.41. The van der Waals surface area contributed by atoms with Gasteiger partial charge < -0.3 is 10.5 Å². The summed E-state index contributed by atoms with van der Waals surface area (Å²) in [6.45, 7) is 5.96. The summed E-state index contributed by atoms with van der Waals surface area (Å²) >= 11 is 0. The molecule has 0 aliphatic carbocycles. The molecule has 0 fully saturated rings. The number of hydrogen-bond acceptors (Lipinski definition) is 2. The molecule has 0 saturated heterocycles. The number of halogens is 1. The topological polar surface area (TPSA) is 35.2 Å². The zero-order valence-corrected chi connectivity index (χ0v) is 10.7. The highest BCUT2D eigenvalue weighted by atomic mass is 19.1. The lowest BCUT2D eigenvalue weighted by Crippen LogP contribution is -2.08. The van der Waals surface area contributed by atoms with Gasteiger partial charge in [0.2, 0.25) is 0 Å². The second-order valence-electron chi connectivity index (χ2n) is 4.53. The number of benzene rings is 1. The van der Waals surface area contributed by atoms with Gasteiger partial charge in [0, 0.05) is 13.2 Å². The average Bonchev–Trinajstić information content (AvgIpc) is 2.31. The molecule has 0 amide bonds. The molecule has 0 heterocycles. The Morgan fingerprint density at radius 3 is 2.76 bits per heavy atom. The first-order valence-corrected chi connectivity index (χ1v) is 6.22. The maximum Gasteiger partial charge on any atom is 0.123 e. The predicted molar refractivity (Wildman–Crippen MR) is 68.0 cm³/mol. The average molecular weight is 239 g/mol. The van der Waals surface area contributed by atoms with Gasteiger partial charge in [-0.3, -0.25) is 0 Å². The van der Waals surface area contributed by atoms with Crippen LogP contribution in [0.5, 0.6) is 0 Å². The number of rotatable bonds is 7. The van der Waals surface area contributed by atoms with E-state index in [2.05, 4.69) is 13.8 Å². The lowest BCUT2D eigenvalue weighted by Gasteiger charge is -2.12. The van der Waals surface area contributed by atoms with Gasteiger partial charge in [0.1, 0.15) is 5.82 Å². The Kier molecular flexibility index (Phi) is 6.16. The first-order valence-electron chi connectivity index (χ1n) is 6.22. The van der Waals surface area contributed by atoms with Gasteiger partial charge in [0.25, 0.3) is 0 Å². The Morgan fingerprint density at radius 1 is 1.35 bits per heavy atom. The maximum absolute atomic E-state index is 13.0. The monoisotopic (exact) mass is 239 g/mol. The summed E-state index contributed by atoms with van der Waals surface area (Å²) in [5.74, 6) is 0.329. The van der Waals surface area contributed by atoms with E-state index in [4.69, 9.17) is 10.5 Å². The van der Waals surface area contributed by atoms with Crippen LogP contribution in [0.1, 0.15) is 37.8 Å². The molecule has 0 bridgehead atoms. The Balaban J connectivity index is 2.46. The summed E-state index contributed by atoms with van der Waals surface area (Å²) < 4.78 is 18.6. The molecule has 0 spiro atoms. The van der Waals surface area contributed by atoms with Crippen LogP contribution in [0, 0.1) is 11.7 Å². The van der Waals surface area contributed by atoms with Crippen molar-refractivity contribution in [3.05, 3.63) is 35.1 Å². The van der Waals surface area contributed by atoms with Gasteiger partial charge in [-0.2, -0.15) is 0 Å². The molecular formula is C14H22FNO. The van der Waals surface area contributed by atoms with Crippen LogP contribution in [0.25, 0.3) is 0 Å². The number of nitrogens with two attached hydrogens (primary N) is 1. The van der Waals surface area contributed by atoms with Gasteiger partial charge >= 0.3 is 0 Å². The molecule has 1 atom stereocenters. The van der Waals surface area contributed by atoms with E-state index in [1.165, 1.54) is 25.0 Å². The van der Waals surface area contributed by atoms with E-state index in [1.807, 2.05) is 0 Å². The third kappa shape index (κ3) is 4.84. The zero-order chi connectivity index (χ0) is 12.7. The molecule has 0 aliphatic rings. The van der Waals surface area contributed by atoms with Crippen LogP contribution in [0.15, 0.2) is 18.2 Å². The van der Waals surface area contributed by atoms with Crippen molar-refractivity contribution in [1.82, 2.24) is 0 Å². The van der Waals surface area contributed by atoms with Crippen molar-refractivity contribution >= 4 is 0 Å². The fourth-order valence-corrected chi connectivity index (χ4v) is 1.87. The van der Waals surface area contributed by atoms with E-state index >= 15 is 0 Å². The largest absolute Gasteiger partial charge is 0.376 e. The van der Waals surface area contributed by atoms with Crippen LogP contribution < -0.4 is 5.73 Å². The highest BCUT2D eigenvalue weighted by Gasteiger charge is 2.05. The Hall–Kier alpha value is -0.930. The van der Waals surface area contributed by atoms with Gasteiger partial charge in [-0.1, -0.05) is 26.3 Å². The molecule has 0 radical (unpaired) electrons. The summed E-state index contributed by atoms with van der Waals surface area (Å²) in [5.41, 5.74) is 7.39. The lowest BCUT2D eigenvalue weighted by molar-refractivity contribution is 0.0888. The fraction of sp³-hybridized carbons (Fsp3) is 0.571. The molecule has 1 aromatic carbocycles. The van der Waals surface area contributed by atoms with Crippen molar-refractivity contribution in [2.45, 2.75) is 39.8 Å². The van der Waals surface area contributed by atoms with Crippen LogP contribution in [0.3, 0.4) is 0 Å². The summed E-state index contributed by atoms with van der Waals surface area (Å²) in [6, 6.07) is 4.68. The van der Waals surface area contributed by atoms with Crippen LogP contribution in [-0.4, -0.2) is 6.61 Å². The van der Waals surface area contributed by atoms with Crippen LogP contribution in [0.2, 0.25) is 0 Å². The van der Waals surface area contributed by atoms with Crippen LogP contribution >= 0.6 is 0 Å². The first kappa shape index (κ1) is 14.1. The SMILES string of the molecule is CCCC(C)COCc1ccc(F)cc1CN. The van der Waals surface area contributed by atoms with E-state index in [0.29, 0.717) is 19.1 Å². The Labute approximate surface area is 103 Å². The normalized spacial score (nSPS) is 12.7. The van der Waals surface area contributed by atoms with Crippen molar-refractivity contribution < 1.29 is 9.13 Å². The van der Waals surface area contributed by atoms with E-state index in [-0.39, 0.29) is 5.82 Å². The van der Waals surface area contributed by atoms with E-state index in [1.54, 1.807) is 6.07 Å². The molecule has 0 aliphatic heterocycles. The number of ether oxygens (including phenoxy) is 1. The fourth-order valence-electron chi connectivity index (χ4n) is 1.87. The summed E-state index contributed by atoms with van der Waals surface area (Å²) in [7, 11) is 0. The standard InChI is InChI=1S/C14H22FNO/c1-3-4-11(2)9-17-10-12-5-6-14(15)7-13(12)8-16/h5-7,11H,3-4,8-10,16H2,1-2H3. The molecule has 0 saturated carbocycles. The molecule has 17 heavy (non-hydrogen) atoms. The Morgan fingerprint density at radius 2 is 2.12 bits per heavy atom. The molecule has 1 unspecified atom stereocenters. The highest BCUT2D eigenvalue weighted by Crippen LogP contribution is 2.13. The molecule has 3 heteroatoms. The summed E-state index contributed by atoms with van der Waals surface area (Å²) in [6.07, 6.45) is 2.35. The third-order valence-electron chi connectivity index (χ3n) is 2.83. The van der Waals surface area contributed by atoms with E-state index in [0.717, 1.165) is 17.7 Å². The van der Waals surface area contributed by atoms with Crippen molar-refractivity contribution in [3.63, 3.8) is 0 Å². The van der Waals surface area contributed by atoms with Gasteiger partial charge in [-0.05, 0) is 35.6 Å². The molecular weight excluding hydrogens is 217 g/mol. The van der Waals surface area contributed by atoms with E-state index < -0.39 is 0 Å². The summed E-state index contributed by atoms with van der Waals surface area (Å²) in [4.78, 5) is 0. The molecule has 1 rings (SSSR count). The van der Waals surface area contributed by atoms with Gasteiger partial charge in [-0.25, -0.2) is 4.39 Å². The lowest BCUT2D eigenvalue weighted by atomic mass is 10.1. The molecule has 1 aromatic rings. The summed E-state index contributed by atoms with van der Waals surface area (Å²) in [5, 5.41) is 0. The maximum atomic E-state index is 13.0. The number of hydrogen-bond donors (Lipinski definition) is 1. The molecule has 2 nitrogen and oxygen atoms in total. The second-order valence-corrected chi connectivity index (χ2v) is 4.53. The minimum Gasteiger partial charge on any atom is -0.376 e.